The first-order valence-corrected chi connectivity index (χ1v) is 6.22. The van der Waals surface area contributed by atoms with Crippen LogP contribution < -0.4 is 0 Å². The van der Waals surface area contributed by atoms with Gasteiger partial charge in [0.2, 0.25) is 0 Å². The molecule has 0 saturated heterocycles. The molecule has 1 saturated carbocycles. The smallest absolute Gasteiger partial charge is 0.136 e. The molecule has 88 valence electrons. The summed E-state index contributed by atoms with van der Waals surface area (Å²) in [7, 11) is 1.74. The maximum atomic E-state index is 11.9. The molecule has 0 radical (unpaired) electrons. The summed E-state index contributed by atoms with van der Waals surface area (Å²) >= 11 is 0. The molecule has 0 unspecified atom stereocenters. The number of hydrogen-bond donors (Lipinski definition) is 0. The van der Waals surface area contributed by atoms with Gasteiger partial charge in [-0.25, -0.2) is 0 Å². The summed E-state index contributed by atoms with van der Waals surface area (Å²) in [5.74, 6) is 0.969. The van der Waals surface area contributed by atoms with Crippen molar-refractivity contribution in [3.8, 4) is 0 Å². The summed E-state index contributed by atoms with van der Waals surface area (Å²) in [4.78, 5) is 11.9. The van der Waals surface area contributed by atoms with E-state index in [2.05, 4.69) is 13.8 Å². The van der Waals surface area contributed by atoms with Gasteiger partial charge in [-0.1, -0.05) is 26.7 Å². The van der Waals surface area contributed by atoms with Crippen LogP contribution in [-0.4, -0.2) is 18.5 Å². The van der Waals surface area contributed by atoms with Crippen molar-refractivity contribution < 1.29 is 9.53 Å². The molecule has 1 aliphatic carbocycles. The van der Waals surface area contributed by atoms with E-state index in [0.717, 1.165) is 32.1 Å². The van der Waals surface area contributed by atoms with Crippen molar-refractivity contribution in [1.82, 2.24) is 0 Å². The molecule has 0 aromatic heterocycles. The van der Waals surface area contributed by atoms with E-state index in [4.69, 9.17) is 4.74 Å². The minimum Gasteiger partial charge on any atom is -0.378 e. The maximum Gasteiger partial charge on any atom is 0.136 e. The van der Waals surface area contributed by atoms with Gasteiger partial charge in [0.05, 0.1) is 5.60 Å². The molecule has 2 nitrogen and oxygen atoms in total. The number of hydrogen-bond acceptors (Lipinski definition) is 2. The van der Waals surface area contributed by atoms with Gasteiger partial charge in [0, 0.05) is 20.0 Å². The lowest BCUT2D eigenvalue weighted by Gasteiger charge is -2.40. The van der Waals surface area contributed by atoms with E-state index in [1.165, 1.54) is 6.42 Å². The molecule has 0 atom stereocenters. The van der Waals surface area contributed by atoms with E-state index >= 15 is 0 Å². The summed E-state index contributed by atoms with van der Waals surface area (Å²) < 4.78 is 5.47. The van der Waals surface area contributed by atoms with Gasteiger partial charge in [-0.05, 0) is 25.2 Å². The second-order valence-corrected chi connectivity index (χ2v) is 4.84. The first-order chi connectivity index (χ1) is 7.15. The second-order valence-electron chi connectivity index (χ2n) is 4.84. The molecule has 0 bridgehead atoms. The Kier molecular flexibility index (Phi) is 4.78. The summed E-state index contributed by atoms with van der Waals surface area (Å²) in [6.07, 6.45) is 6.96. The quantitative estimate of drug-likeness (QED) is 0.647. The standard InChI is InChI=1S/C13H24O2/c1-4-11(5-2)9-12(14)10-13(15-3)7-6-8-13/h11H,4-10H2,1-3H3. The molecule has 0 aliphatic heterocycles. The molecule has 1 rings (SSSR count). The molecular formula is C13H24O2. The normalized spacial score (nSPS) is 18.9. The third-order valence-corrected chi connectivity index (χ3v) is 3.89. The Labute approximate surface area is 93.4 Å². The van der Waals surface area contributed by atoms with Crippen LogP contribution in [0.25, 0.3) is 0 Å². The Hall–Kier alpha value is -0.370. The number of carbonyl (C=O) groups excluding carboxylic acids is 1. The number of ether oxygens (including phenoxy) is 1. The lowest BCUT2D eigenvalue weighted by Crippen LogP contribution is -2.41. The molecule has 2 heteroatoms. The fourth-order valence-electron chi connectivity index (χ4n) is 2.36. The van der Waals surface area contributed by atoms with Crippen molar-refractivity contribution in [3.05, 3.63) is 0 Å². The zero-order valence-corrected chi connectivity index (χ0v) is 10.3. The zero-order chi connectivity index (χ0) is 11.3. The summed E-state index contributed by atoms with van der Waals surface area (Å²) in [5.41, 5.74) is -0.0802. The third-order valence-electron chi connectivity index (χ3n) is 3.89. The van der Waals surface area contributed by atoms with Crippen LogP contribution >= 0.6 is 0 Å². The largest absolute Gasteiger partial charge is 0.378 e. The van der Waals surface area contributed by atoms with Crippen molar-refractivity contribution >= 4 is 5.78 Å². The van der Waals surface area contributed by atoms with E-state index in [9.17, 15) is 4.79 Å². The molecule has 0 N–H and O–H groups in total. The molecule has 1 fully saturated rings. The minimum absolute atomic E-state index is 0.0802. The number of Topliss-reactive ketones (excluding diaryl/α,β-unsaturated/α-hetero) is 1. The number of methoxy groups -OCH3 is 1. The summed E-state index contributed by atoms with van der Waals surface area (Å²) in [6.45, 7) is 4.33. The highest BCUT2D eigenvalue weighted by molar-refractivity contribution is 5.79. The maximum absolute atomic E-state index is 11.9. The van der Waals surface area contributed by atoms with Crippen molar-refractivity contribution in [3.63, 3.8) is 0 Å². The van der Waals surface area contributed by atoms with Gasteiger partial charge in [0.1, 0.15) is 5.78 Å². The highest BCUT2D eigenvalue weighted by Gasteiger charge is 2.38. The van der Waals surface area contributed by atoms with Crippen molar-refractivity contribution in [2.24, 2.45) is 5.92 Å². The van der Waals surface area contributed by atoms with E-state index in [0.29, 0.717) is 18.1 Å². The Morgan fingerprint density at radius 3 is 2.27 bits per heavy atom. The predicted molar refractivity (Wildman–Crippen MR) is 61.9 cm³/mol. The molecule has 0 amide bonds. The Bertz CT molecular complexity index is 197. The van der Waals surface area contributed by atoms with Crippen LogP contribution in [0.1, 0.15) is 58.8 Å². The first-order valence-electron chi connectivity index (χ1n) is 6.22. The van der Waals surface area contributed by atoms with E-state index in [-0.39, 0.29) is 5.60 Å². The topological polar surface area (TPSA) is 26.3 Å². The van der Waals surface area contributed by atoms with Crippen molar-refractivity contribution in [2.45, 2.75) is 64.4 Å². The fraction of sp³-hybridized carbons (Fsp3) is 0.923. The minimum atomic E-state index is -0.0802. The molecule has 0 aromatic carbocycles. The van der Waals surface area contributed by atoms with Gasteiger partial charge in [-0.3, -0.25) is 4.79 Å². The van der Waals surface area contributed by atoms with Gasteiger partial charge in [-0.15, -0.1) is 0 Å². The van der Waals surface area contributed by atoms with Crippen LogP contribution in [0.3, 0.4) is 0 Å². The molecule has 0 heterocycles. The Balaban J connectivity index is 2.34. The summed E-state index contributed by atoms with van der Waals surface area (Å²) in [6, 6.07) is 0. The van der Waals surface area contributed by atoms with E-state index in [1.54, 1.807) is 7.11 Å². The van der Waals surface area contributed by atoms with Crippen molar-refractivity contribution in [1.29, 1.82) is 0 Å². The Morgan fingerprint density at radius 1 is 1.33 bits per heavy atom. The lowest BCUT2D eigenvalue weighted by molar-refractivity contribution is -0.133. The average molecular weight is 212 g/mol. The molecule has 1 aliphatic rings. The van der Waals surface area contributed by atoms with Gasteiger partial charge < -0.3 is 4.74 Å². The highest BCUT2D eigenvalue weighted by atomic mass is 16.5. The number of carbonyl (C=O) groups is 1. The molecule has 15 heavy (non-hydrogen) atoms. The molecule has 0 aromatic rings. The Morgan fingerprint density at radius 2 is 1.93 bits per heavy atom. The SMILES string of the molecule is CCC(CC)CC(=O)CC1(OC)CCC1. The van der Waals surface area contributed by atoms with Gasteiger partial charge in [0.15, 0.2) is 0 Å². The predicted octanol–water partition coefficient (Wildman–Crippen LogP) is 3.34. The molecule has 0 spiro atoms. The van der Waals surface area contributed by atoms with Crippen LogP contribution in [0.15, 0.2) is 0 Å². The molecular weight excluding hydrogens is 188 g/mol. The number of ketones is 1. The van der Waals surface area contributed by atoms with Gasteiger partial charge in [0.25, 0.3) is 0 Å². The number of rotatable bonds is 7. The van der Waals surface area contributed by atoms with Crippen LogP contribution in [0.5, 0.6) is 0 Å². The van der Waals surface area contributed by atoms with Crippen LogP contribution in [0.2, 0.25) is 0 Å². The van der Waals surface area contributed by atoms with Gasteiger partial charge in [-0.2, -0.15) is 0 Å². The zero-order valence-electron chi connectivity index (χ0n) is 10.3. The van der Waals surface area contributed by atoms with Crippen LogP contribution in [0.4, 0.5) is 0 Å². The second kappa shape index (κ2) is 5.64. The third kappa shape index (κ3) is 3.30. The lowest BCUT2D eigenvalue weighted by atomic mass is 9.75. The van der Waals surface area contributed by atoms with E-state index < -0.39 is 0 Å². The van der Waals surface area contributed by atoms with Crippen LogP contribution in [0, 0.1) is 5.92 Å². The highest BCUT2D eigenvalue weighted by Crippen LogP contribution is 2.38. The van der Waals surface area contributed by atoms with Crippen molar-refractivity contribution in [2.75, 3.05) is 7.11 Å². The van der Waals surface area contributed by atoms with E-state index in [1.807, 2.05) is 0 Å². The van der Waals surface area contributed by atoms with Crippen LogP contribution in [-0.2, 0) is 9.53 Å². The average Bonchev–Trinajstić information content (AvgIpc) is 2.20. The first kappa shape index (κ1) is 12.7. The summed E-state index contributed by atoms with van der Waals surface area (Å²) in [5, 5.41) is 0. The monoisotopic (exact) mass is 212 g/mol. The van der Waals surface area contributed by atoms with Gasteiger partial charge >= 0.3 is 0 Å². The fourth-order valence-corrected chi connectivity index (χ4v) is 2.36.